The van der Waals surface area contributed by atoms with E-state index in [0.717, 1.165) is 5.56 Å². The highest BCUT2D eigenvalue weighted by atomic mass is 16.5. The number of terminal acetylenes is 1. The van der Waals surface area contributed by atoms with Gasteiger partial charge in [-0.2, -0.15) is 0 Å². The van der Waals surface area contributed by atoms with Crippen molar-refractivity contribution in [1.29, 1.82) is 0 Å². The smallest absolute Gasteiger partial charge is 0.408 e. The number of benzene rings is 1. The van der Waals surface area contributed by atoms with Crippen molar-refractivity contribution in [2.24, 2.45) is 0 Å². The van der Waals surface area contributed by atoms with Gasteiger partial charge in [0.1, 0.15) is 0 Å². The molecule has 0 saturated heterocycles. The van der Waals surface area contributed by atoms with E-state index in [1.54, 1.807) is 12.1 Å². The SMILES string of the molecule is C#CCOC(=O)NCc1ccc(N)cc1. The van der Waals surface area contributed by atoms with Gasteiger partial charge in [-0.05, 0) is 17.7 Å². The maximum atomic E-state index is 11.0. The van der Waals surface area contributed by atoms with Crippen LogP contribution >= 0.6 is 0 Å². The molecule has 0 atom stereocenters. The van der Waals surface area contributed by atoms with Crippen LogP contribution in [-0.2, 0) is 11.3 Å². The largest absolute Gasteiger partial charge is 0.436 e. The van der Waals surface area contributed by atoms with Crippen LogP contribution in [0.2, 0.25) is 0 Å². The third kappa shape index (κ3) is 4.05. The first-order valence-corrected chi connectivity index (χ1v) is 4.41. The number of ether oxygens (including phenoxy) is 1. The maximum absolute atomic E-state index is 11.0. The molecule has 78 valence electrons. The van der Waals surface area contributed by atoms with Crippen molar-refractivity contribution in [2.75, 3.05) is 12.3 Å². The Bertz CT molecular complexity index is 365. The second-order valence-electron chi connectivity index (χ2n) is 2.88. The highest BCUT2D eigenvalue weighted by Crippen LogP contribution is 2.04. The number of nitrogens with one attached hydrogen (secondary N) is 1. The molecular formula is C11H12N2O2. The molecule has 0 aliphatic heterocycles. The van der Waals surface area contributed by atoms with Crippen LogP contribution in [0.15, 0.2) is 24.3 Å². The van der Waals surface area contributed by atoms with Gasteiger partial charge in [0.25, 0.3) is 0 Å². The fourth-order valence-electron chi connectivity index (χ4n) is 0.968. The molecule has 4 nitrogen and oxygen atoms in total. The van der Waals surface area contributed by atoms with E-state index in [4.69, 9.17) is 12.2 Å². The van der Waals surface area contributed by atoms with E-state index in [2.05, 4.69) is 16.0 Å². The highest BCUT2D eigenvalue weighted by Gasteiger charge is 1.99. The van der Waals surface area contributed by atoms with Gasteiger partial charge in [0.05, 0.1) is 0 Å². The Kier molecular flexibility index (Phi) is 4.05. The maximum Gasteiger partial charge on any atom is 0.408 e. The molecule has 4 heteroatoms. The number of anilines is 1. The van der Waals surface area contributed by atoms with Crippen molar-refractivity contribution < 1.29 is 9.53 Å². The summed E-state index contributed by atoms with van der Waals surface area (Å²) in [7, 11) is 0. The Labute approximate surface area is 88.4 Å². The summed E-state index contributed by atoms with van der Waals surface area (Å²) in [5.74, 6) is 2.20. The van der Waals surface area contributed by atoms with Gasteiger partial charge >= 0.3 is 6.09 Å². The van der Waals surface area contributed by atoms with Gasteiger partial charge in [0, 0.05) is 12.2 Å². The van der Waals surface area contributed by atoms with E-state index in [1.165, 1.54) is 0 Å². The fraction of sp³-hybridized carbons (Fsp3) is 0.182. The number of hydrogen-bond acceptors (Lipinski definition) is 3. The molecule has 0 aliphatic rings. The summed E-state index contributed by atoms with van der Waals surface area (Å²) in [4.78, 5) is 11.0. The third-order valence-corrected chi connectivity index (χ3v) is 1.70. The Morgan fingerprint density at radius 2 is 2.13 bits per heavy atom. The van der Waals surface area contributed by atoms with Gasteiger partial charge in [-0.15, -0.1) is 6.42 Å². The molecule has 0 bridgehead atoms. The molecule has 1 aromatic carbocycles. The van der Waals surface area contributed by atoms with Gasteiger partial charge < -0.3 is 15.8 Å². The standard InChI is InChI=1S/C11H12N2O2/c1-2-7-15-11(14)13-8-9-3-5-10(12)6-4-9/h1,3-6H,7-8,12H2,(H,13,14). The predicted octanol–water partition coefficient (Wildman–Crippen LogP) is 1.13. The van der Waals surface area contributed by atoms with E-state index in [-0.39, 0.29) is 6.61 Å². The lowest BCUT2D eigenvalue weighted by Gasteiger charge is -2.04. The zero-order chi connectivity index (χ0) is 11.1. The quantitative estimate of drug-likeness (QED) is 0.573. The zero-order valence-electron chi connectivity index (χ0n) is 8.19. The molecule has 0 aliphatic carbocycles. The van der Waals surface area contributed by atoms with Crippen LogP contribution in [-0.4, -0.2) is 12.7 Å². The zero-order valence-corrected chi connectivity index (χ0v) is 8.19. The molecule has 0 fully saturated rings. The van der Waals surface area contributed by atoms with Crippen LogP contribution in [0.1, 0.15) is 5.56 Å². The first-order chi connectivity index (χ1) is 7.22. The number of hydrogen-bond donors (Lipinski definition) is 2. The van der Waals surface area contributed by atoms with Crippen molar-refractivity contribution in [3.05, 3.63) is 29.8 Å². The van der Waals surface area contributed by atoms with Crippen LogP contribution in [0.4, 0.5) is 10.5 Å². The van der Waals surface area contributed by atoms with Crippen LogP contribution in [0.3, 0.4) is 0 Å². The molecular weight excluding hydrogens is 192 g/mol. The lowest BCUT2D eigenvalue weighted by atomic mass is 10.2. The minimum atomic E-state index is -0.523. The highest BCUT2D eigenvalue weighted by molar-refractivity contribution is 5.67. The molecule has 0 saturated carbocycles. The van der Waals surface area contributed by atoms with Crippen LogP contribution in [0.5, 0.6) is 0 Å². The van der Waals surface area contributed by atoms with Crippen LogP contribution < -0.4 is 11.1 Å². The van der Waals surface area contributed by atoms with Crippen molar-refractivity contribution in [2.45, 2.75) is 6.54 Å². The van der Waals surface area contributed by atoms with E-state index >= 15 is 0 Å². The monoisotopic (exact) mass is 204 g/mol. The normalized spacial score (nSPS) is 9.00. The predicted molar refractivity (Wildman–Crippen MR) is 57.9 cm³/mol. The summed E-state index contributed by atoms with van der Waals surface area (Å²) >= 11 is 0. The van der Waals surface area contributed by atoms with Gasteiger partial charge in [0.15, 0.2) is 6.61 Å². The lowest BCUT2D eigenvalue weighted by Crippen LogP contribution is -2.23. The summed E-state index contributed by atoms with van der Waals surface area (Å²) in [6.07, 6.45) is 4.41. The molecule has 3 N–H and O–H groups in total. The second-order valence-corrected chi connectivity index (χ2v) is 2.88. The summed E-state index contributed by atoms with van der Waals surface area (Å²) < 4.78 is 4.63. The molecule has 1 rings (SSSR count). The van der Waals surface area contributed by atoms with Crippen LogP contribution in [0, 0.1) is 12.3 Å². The fourth-order valence-corrected chi connectivity index (χ4v) is 0.968. The third-order valence-electron chi connectivity index (χ3n) is 1.70. The first-order valence-electron chi connectivity index (χ1n) is 4.41. The number of amides is 1. The molecule has 0 heterocycles. The number of alkyl carbamates (subject to hydrolysis) is 1. The van der Waals surface area contributed by atoms with E-state index in [1.807, 2.05) is 12.1 Å². The Morgan fingerprint density at radius 3 is 2.73 bits per heavy atom. The summed E-state index contributed by atoms with van der Waals surface area (Å²) in [6.45, 7) is 0.372. The van der Waals surface area contributed by atoms with Gasteiger partial charge in [0.2, 0.25) is 0 Å². The molecule has 0 aromatic heterocycles. The average Bonchev–Trinajstić information content (AvgIpc) is 2.25. The number of nitrogens with two attached hydrogens (primary N) is 1. The van der Waals surface area contributed by atoms with Crippen molar-refractivity contribution in [1.82, 2.24) is 5.32 Å². The lowest BCUT2D eigenvalue weighted by molar-refractivity contribution is 0.159. The Balaban J connectivity index is 2.34. The molecule has 0 spiro atoms. The van der Waals surface area contributed by atoms with Crippen molar-refractivity contribution in [3.8, 4) is 12.3 Å². The minimum Gasteiger partial charge on any atom is -0.436 e. The topological polar surface area (TPSA) is 64.3 Å². The van der Waals surface area contributed by atoms with E-state index < -0.39 is 6.09 Å². The van der Waals surface area contributed by atoms with Gasteiger partial charge in [-0.3, -0.25) is 0 Å². The van der Waals surface area contributed by atoms with Crippen LogP contribution in [0.25, 0.3) is 0 Å². The first kappa shape index (κ1) is 10.9. The van der Waals surface area contributed by atoms with Crippen molar-refractivity contribution in [3.63, 3.8) is 0 Å². The number of carbonyl (C=O) groups is 1. The summed E-state index contributed by atoms with van der Waals surface area (Å²) in [6, 6.07) is 7.20. The number of rotatable bonds is 3. The van der Waals surface area contributed by atoms with Gasteiger partial charge in [-0.25, -0.2) is 4.79 Å². The number of carbonyl (C=O) groups excluding carboxylic acids is 1. The van der Waals surface area contributed by atoms with Gasteiger partial charge in [-0.1, -0.05) is 18.1 Å². The average molecular weight is 204 g/mol. The van der Waals surface area contributed by atoms with E-state index in [9.17, 15) is 4.79 Å². The minimum absolute atomic E-state index is 0.0203. The van der Waals surface area contributed by atoms with Crippen molar-refractivity contribution >= 4 is 11.8 Å². The molecule has 1 aromatic rings. The molecule has 15 heavy (non-hydrogen) atoms. The second kappa shape index (κ2) is 5.55. The number of nitrogen functional groups attached to an aromatic ring is 1. The summed E-state index contributed by atoms with van der Waals surface area (Å²) in [5.41, 5.74) is 7.15. The molecule has 1 amide bonds. The summed E-state index contributed by atoms with van der Waals surface area (Å²) in [5, 5.41) is 2.56. The Morgan fingerprint density at radius 1 is 1.47 bits per heavy atom. The molecule has 0 unspecified atom stereocenters. The molecule has 0 radical (unpaired) electrons. The van der Waals surface area contributed by atoms with E-state index in [0.29, 0.717) is 12.2 Å². The Hall–Kier alpha value is -2.15.